The second-order valence-electron chi connectivity index (χ2n) is 9.20. The predicted octanol–water partition coefficient (Wildman–Crippen LogP) is 5.47. The van der Waals surface area contributed by atoms with Crippen molar-refractivity contribution in [2.24, 2.45) is 0 Å². The van der Waals surface area contributed by atoms with E-state index in [1.165, 1.54) is 6.07 Å². The lowest BCUT2D eigenvalue weighted by Gasteiger charge is -2.27. The number of imidazole rings is 1. The average Bonchev–Trinajstić information content (AvgIpc) is 3.24. The van der Waals surface area contributed by atoms with Crippen LogP contribution < -0.4 is 10.3 Å². The van der Waals surface area contributed by atoms with Gasteiger partial charge < -0.3 is 18.6 Å². The maximum atomic E-state index is 14.1. The molecule has 1 aliphatic rings. The highest BCUT2D eigenvalue weighted by Gasteiger charge is 2.22. The molecule has 2 aromatic carbocycles. The van der Waals surface area contributed by atoms with Crippen LogP contribution in [0.1, 0.15) is 17.8 Å². The number of rotatable bonds is 8. The number of pyridine rings is 2. The van der Waals surface area contributed by atoms with E-state index >= 15 is 0 Å². The van der Waals surface area contributed by atoms with Gasteiger partial charge in [0.1, 0.15) is 29.5 Å². The lowest BCUT2D eigenvalue weighted by Crippen LogP contribution is -2.32. The van der Waals surface area contributed by atoms with Crippen molar-refractivity contribution in [3.05, 3.63) is 112 Å². The highest BCUT2D eigenvalue weighted by Crippen LogP contribution is 2.25. The molecular formula is C29H24ClFN4O3. The van der Waals surface area contributed by atoms with E-state index in [1.807, 2.05) is 41.0 Å². The van der Waals surface area contributed by atoms with Crippen molar-refractivity contribution < 1.29 is 13.9 Å². The molecule has 3 aromatic heterocycles. The first-order valence-corrected chi connectivity index (χ1v) is 12.7. The predicted molar refractivity (Wildman–Crippen MR) is 143 cm³/mol. The summed E-state index contributed by atoms with van der Waals surface area (Å²) < 4.78 is 29.2. The smallest absolute Gasteiger partial charge is 0.251 e. The fourth-order valence-electron chi connectivity index (χ4n) is 4.49. The zero-order valence-corrected chi connectivity index (χ0v) is 21.1. The molecule has 192 valence electrons. The molecule has 0 amide bonds. The number of nitrogens with zero attached hydrogens (tertiary/aromatic N) is 4. The maximum absolute atomic E-state index is 14.1. The summed E-state index contributed by atoms with van der Waals surface area (Å²) in [4.78, 5) is 22.3. The van der Waals surface area contributed by atoms with Crippen LogP contribution in [-0.4, -0.2) is 31.8 Å². The van der Waals surface area contributed by atoms with Gasteiger partial charge in [-0.05, 0) is 60.0 Å². The van der Waals surface area contributed by atoms with Gasteiger partial charge in [0, 0.05) is 35.7 Å². The summed E-state index contributed by atoms with van der Waals surface area (Å²) in [5.41, 5.74) is 3.42. The van der Waals surface area contributed by atoms with Crippen molar-refractivity contribution in [3.63, 3.8) is 0 Å². The van der Waals surface area contributed by atoms with Gasteiger partial charge >= 0.3 is 0 Å². The van der Waals surface area contributed by atoms with Crippen LogP contribution in [0.2, 0.25) is 5.02 Å². The van der Waals surface area contributed by atoms with E-state index in [9.17, 15) is 9.18 Å². The lowest BCUT2D eigenvalue weighted by atomic mass is 10.1. The quantitative estimate of drug-likeness (QED) is 0.266. The van der Waals surface area contributed by atoms with E-state index in [0.29, 0.717) is 29.4 Å². The van der Waals surface area contributed by atoms with Gasteiger partial charge in [0.15, 0.2) is 5.65 Å². The fourth-order valence-corrected chi connectivity index (χ4v) is 4.64. The summed E-state index contributed by atoms with van der Waals surface area (Å²) in [7, 11) is 0. The van der Waals surface area contributed by atoms with Crippen molar-refractivity contribution in [1.82, 2.24) is 19.1 Å². The van der Waals surface area contributed by atoms with E-state index in [1.54, 1.807) is 41.2 Å². The molecule has 1 saturated heterocycles. The van der Waals surface area contributed by atoms with Crippen LogP contribution in [0.5, 0.6) is 5.75 Å². The van der Waals surface area contributed by atoms with E-state index < -0.39 is 5.82 Å². The first kappa shape index (κ1) is 24.3. The van der Waals surface area contributed by atoms with E-state index in [2.05, 4.69) is 4.98 Å². The second kappa shape index (κ2) is 10.4. The number of benzene rings is 2. The Balaban J connectivity index is 1.22. The summed E-state index contributed by atoms with van der Waals surface area (Å²) in [5.74, 6) is 0.913. The Bertz CT molecular complexity index is 1680. The van der Waals surface area contributed by atoms with Crippen LogP contribution in [-0.2, 0) is 24.4 Å². The number of hydrogen-bond acceptors (Lipinski definition) is 5. The third-order valence-electron chi connectivity index (χ3n) is 6.65. The molecule has 1 atom stereocenters. The van der Waals surface area contributed by atoms with Gasteiger partial charge in [0.05, 0.1) is 19.2 Å². The monoisotopic (exact) mass is 530 g/mol. The second-order valence-corrected chi connectivity index (χ2v) is 9.64. The Kier molecular flexibility index (Phi) is 6.66. The molecule has 0 bridgehead atoms. The molecule has 5 aromatic rings. The highest BCUT2D eigenvalue weighted by molar-refractivity contribution is 6.30. The minimum absolute atomic E-state index is 0.0653. The summed E-state index contributed by atoms with van der Waals surface area (Å²) >= 11 is 5.83. The van der Waals surface area contributed by atoms with Crippen molar-refractivity contribution in [1.29, 1.82) is 0 Å². The maximum Gasteiger partial charge on any atom is 0.251 e. The van der Waals surface area contributed by atoms with Gasteiger partial charge in [-0.3, -0.25) is 4.79 Å². The van der Waals surface area contributed by atoms with E-state index in [4.69, 9.17) is 26.1 Å². The Labute approximate surface area is 223 Å². The van der Waals surface area contributed by atoms with Crippen LogP contribution in [0.4, 0.5) is 4.39 Å². The van der Waals surface area contributed by atoms with Gasteiger partial charge in [-0.25, -0.2) is 14.4 Å². The highest BCUT2D eigenvalue weighted by atomic mass is 35.5. The van der Waals surface area contributed by atoms with Gasteiger partial charge in [0.25, 0.3) is 5.56 Å². The summed E-state index contributed by atoms with van der Waals surface area (Å²) in [6.45, 7) is 1.81. The molecule has 4 heterocycles. The Hall–Kier alpha value is -4.01. The van der Waals surface area contributed by atoms with Crippen LogP contribution >= 0.6 is 11.6 Å². The summed E-state index contributed by atoms with van der Waals surface area (Å²) in [6, 6.07) is 19.1. The van der Waals surface area contributed by atoms with Crippen LogP contribution in [0.3, 0.4) is 0 Å². The number of halogens is 2. The van der Waals surface area contributed by atoms with Crippen molar-refractivity contribution in [2.45, 2.75) is 32.2 Å². The number of aromatic nitrogens is 4. The van der Waals surface area contributed by atoms with Crippen LogP contribution in [0, 0.1) is 5.82 Å². The molecular weight excluding hydrogens is 507 g/mol. The van der Waals surface area contributed by atoms with E-state index in [0.717, 1.165) is 41.1 Å². The van der Waals surface area contributed by atoms with Gasteiger partial charge in [0.2, 0.25) is 0 Å². The van der Waals surface area contributed by atoms with Gasteiger partial charge in [-0.15, -0.1) is 0 Å². The molecule has 9 heteroatoms. The zero-order chi connectivity index (χ0) is 26.1. The third-order valence-corrected chi connectivity index (χ3v) is 6.88. The minimum atomic E-state index is -0.415. The molecule has 0 radical (unpaired) electrons. The molecule has 1 fully saturated rings. The normalized spacial score (nSPS) is 14.9. The topological polar surface area (TPSA) is 71.2 Å². The third kappa shape index (κ3) is 5.05. The van der Waals surface area contributed by atoms with Gasteiger partial charge in [-0.1, -0.05) is 29.8 Å². The molecule has 0 aliphatic carbocycles. The number of fused-ring (bicyclic) bond motifs is 1. The number of hydrogen-bond donors (Lipinski definition) is 0. The molecule has 0 unspecified atom stereocenters. The standard InChI is InChI=1S/C29H24ClFN4O3/c30-22-7-6-21(25(31)15-22)18-38-23-4-1-3-19(13-23)20-8-11-34(28(36)14-20)17-27-33-26-5-2-10-32-29(26)35(27)16-24-9-12-37-24/h1-8,10-11,13-15,24H,9,12,16-18H2/t24-/m0/s1. The van der Waals surface area contributed by atoms with Crippen LogP contribution in [0.25, 0.3) is 22.3 Å². The fraction of sp³-hybridized carbons (Fsp3) is 0.207. The summed E-state index contributed by atoms with van der Waals surface area (Å²) in [5, 5.41) is 0.337. The Morgan fingerprint density at radius 3 is 2.74 bits per heavy atom. The first-order valence-electron chi connectivity index (χ1n) is 12.3. The van der Waals surface area contributed by atoms with Crippen molar-refractivity contribution in [3.8, 4) is 16.9 Å². The molecule has 0 N–H and O–H groups in total. The average molecular weight is 531 g/mol. The zero-order valence-electron chi connectivity index (χ0n) is 20.4. The van der Waals surface area contributed by atoms with Gasteiger partial charge in [-0.2, -0.15) is 0 Å². The minimum Gasteiger partial charge on any atom is -0.489 e. The molecule has 7 nitrogen and oxygen atoms in total. The first-order chi connectivity index (χ1) is 18.5. The molecule has 38 heavy (non-hydrogen) atoms. The Morgan fingerprint density at radius 1 is 1.08 bits per heavy atom. The molecule has 0 spiro atoms. The molecule has 6 rings (SSSR count). The largest absolute Gasteiger partial charge is 0.489 e. The number of ether oxygens (including phenoxy) is 2. The SMILES string of the molecule is O=c1cc(-c2cccc(OCc3ccc(Cl)cc3F)c2)ccn1Cc1nc2cccnc2n1C[C@@H]1CCO1. The Morgan fingerprint density at radius 2 is 1.95 bits per heavy atom. The lowest BCUT2D eigenvalue weighted by molar-refractivity contribution is -0.0591. The summed E-state index contributed by atoms with van der Waals surface area (Å²) in [6.07, 6.45) is 4.65. The van der Waals surface area contributed by atoms with E-state index in [-0.39, 0.29) is 18.3 Å². The molecule has 0 saturated carbocycles. The van der Waals surface area contributed by atoms with Crippen molar-refractivity contribution >= 4 is 22.8 Å². The van der Waals surface area contributed by atoms with Crippen LogP contribution in [0.15, 0.2) is 83.9 Å². The molecule has 1 aliphatic heterocycles. The van der Waals surface area contributed by atoms with Crippen molar-refractivity contribution in [2.75, 3.05) is 6.61 Å².